The number of nitrogens with zero attached hydrogens (tertiary/aromatic N) is 2. The molecular weight excluding hydrogens is 414 g/mol. The topological polar surface area (TPSA) is 37.3 Å². The highest BCUT2D eigenvalue weighted by Crippen LogP contribution is 2.44. The molecule has 1 aliphatic heterocycles. The highest BCUT2D eigenvalue weighted by molar-refractivity contribution is 7.15. The lowest BCUT2D eigenvalue weighted by atomic mass is 9.95. The van der Waals surface area contributed by atoms with Crippen LogP contribution in [-0.4, -0.2) is 22.0 Å². The second-order valence-corrected chi connectivity index (χ2v) is 10.7. The zero-order valence-electron chi connectivity index (χ0n) is 19.4. The summed E-state index contributed by atoms with van der Waals surface area (Å²) in [5, 5.41) is 4.54. The van der Waals surface area contributed by atoms with E-state index in [0.717, 1.165) is 12.8 Å². The van der Waals surface area contributed by atoms with Gasteiger partial charge in [0.2, 0.25) is 0 Å². The van der Waals surface area contributed by atoms with Crippen LogP contribution in [-0.2, 0) is 19.4 Å². The quantitative estimate of drug-likeness (QED) is 0.494. The molecule has 1 aliphatic carbocycles. The van der Waals surface area contributed by atoms with Crippen molar-refractivity contribution >= 4 is 17.4 Å². The fraction of sp³-hybridized carbons (Fsp3) is 0.444. The standard InChI is InChI=1S/C27H33N3OS/c1-18(2)14-15-28-27(31)30-17-22-21-7-4-5-9-24(21)32-26(22)29-16-6-8-23(29)25(30)20-12-10-19(3)11-13-20/h6,8,10-13,16,18,25H,4-5,7,9,14-15,17H2,1-3H3,(H,28,31)/t25-/m0/s1. The Morgan fingerprint density at radius 3 is 2.69 bits per heavy atom. The number of benzene rings is 1. The van der Waals surface area contributed by atoms with Crippen molar-refractivity contribution in [2.24, 2.45) is 5.92 Å². The average molecular weight is 448 g/mol. The van der Waals surface area contributed by atoms with E-state index in [1.54, 1.807) is 0 Å². The Labute approximate surface area is 195 Å². The maximum absolute atomic E-state index is 13.6. The van der Waals surface area contributed by atoms with Gasteiger partial charge in [0.25, 0.3) is 0 Å². The maximum atomic E-state index is 13.6. The molecule has 0 unspecified atom stereocenters. The van der Waals surface area contributed by atoms with E-state index in [-0.39, 0.29) is 12.1 Å². The van der Waals surface area contributed by atoms with Gasteiger partial charge < -0.3 is 14.8 Å². The van der Waals surface area contributed by atoms with Gasteiger partial charge in [-0.3, -0.25) is 0 Å². The van der Waals surface area contributed by atoms with Crippen LogP contribution in [0.1, 0.15) is 72.0 Å². The Morgan fingerprint density at radius 2 is 1.91 bits per heavy atom. The number of carbonyl (C=O) groups is 1. The van der Waals surface area contributed by atoms with E-state index in [4.69, 9.17) is 0 Å². The minimum absolute atomic E-state index is 0.0348. The van der Waals surface area contributed by atoms with Gasteiger partial charge in [0.1, 0.15) is 5.00 Å². The molecule has 1 N–H and O–H groups in total. The van der Waals surface area contributed by atoms with Crippen LogP contribution in [0.2, 0.25) is 0 Å². The largest absolute Gasteiger partial charge is 0.338 e. The lowest BCUT2D eigenvalue weighted by molar-refractivity contribution is 0.180. The molecule has 1 aromatic carbocycles. The molecule has 2 aliphatic rings. The summed E-state index contributed by atoms with van der Waals surface area (Å²) in [6.07, 6.45) is 8.00. The Hall–Kier alpha value is -2.53. The number of thiophene rings is 1. The molecule has 0 fully saturated rings. The van der Waals surface area contributed by atoms with Gasteiger partial charge in [-0.25, -0.2) is 4.79 Å². The molecule has 3 aromatic rings. The third-order valence-corrected chi connectivity index (χ3v) is 8.16. The SMILES string of the molecule is Cc1ccc([C@H]2c3cccn3-c3sc4c(c3CN2C(=O)NCCC(C)C)CCCC4)cc1. The molecule has 0 bridgehead atoms. The molecule has 5 heteroatoms. The molecule has 0 saturated carbocycles. The van der Waals surface area contributed by atoms with E-state index in [1.165, 1.54) is 57.1 Å². The molecule has 4 nitrogen and oxygen atoms in total. The highest BCUT2D eigenvalue weighted by atomic mass is 32.1. The van der Waals surface area contributed by atoms with Gasteiger partial charge in [-0.2, -0.15) is 0 Å². The van der Waals surface area contributed by atoms with Crippen molar-refractivity contribution in [2.45, 2.75) is 65.5 Å². The zero-order valence-corrected chi connectivity index (χ0v) is 20.2. The molecular formula is C27H33N3OS. The van der Waals surface area contributed by atoms with Crippen LogP contribution in [0, 0.1) is 12.8 Å². The highest BCUT2D eigenvalue weighted by Gasteiger charge is 2.35. The Kier molecular flexibility index (Phi) is 5.85. The maximum Gasteiger partial charge on any atom is 0.318 e. The second kappa shape index (κ2) is 8.78. The van der Waals surface area contributed by atoms with E-state index in [1.807, 2.05) is 11.3 Å². The summed E-state index contributed by atoms with van der Waals surface area (Å²) in [4.78, 5) is 17.2. The molecule has 2 aromatic heterocycles. The lowest BCUT2D eigenvalue weighted by Crippen LogP contribution is -2.42. The molecule has 0 saturated heterocycles. The minimum Gasteiger partial charge on any atom is -0.338 e. The van der Waals surface area contributed by atoms with Crippen LogP contribution < -0.4 is 5.32 Å². The zero-order chi connectivity index (χ0) is 22.2. The number of hydrogen-bond donors (Lipinski definition) is 1. The number of fused-ring (bicyclic) bond motifs is 5. The first-order valence-electron chi connectivity index (χ1n) is 11.9. The van der Waals surface area contributed by atoms with Gasteiger partial charge in [-0.1, -0.05) is 43.7 Å². The van der Waals surface area contributed by atoms with Crippen molar-refractivity contribution in [3.05, 3.63) is 75.4 Å². The molecule has 32 heavy (non-hydrogen) atoms. The normalized spacial score (nSPS) is 17.5. The second-order valence-electron chi connectivity index (χ2n) is 9.65. The Bertz CT molecular complexity index is 1110. The number of carbonyl (C=O) groups excluding carboxylic acids is 1. The van der Waals surface area contributed by atoms with Crippen LogP contribution in [0.5, 0.6) is 0 Å². The van der Waals surface area contributed by atoms with Gasteiger partial charge in [-0.05, 0) is 68.2 Å². The summed E-state index contributed by atoms with van der Waals surface area (Å²) in [6, 6.07) is 12.9. The van der Waals surface area contributed by atoms with Crippen molar-refractivity contribution in [1.29, 1.82) is 0 Å². The number of aromatic nitrogens is 1. The van der Waals surface area contributed by atoms with Crippen molar-refractivity contribution in [3.8, 4) is 5.00 Å². The first-order chi connectivity index (χ1) is 15.5. The third-order valence-electron chi connectivity index (χ3n) is 6.83. The van der Waals surface area contributed by atoms with E-state index in [9.17, 15) is 4.79 Å². The molecule has 5 rings (SSSR count). The van der Waals surface area contributed by atoms with Gasteiger partial charge >= 0.3 is 6.03 Å². The Balaban J connectivity index is 1.61. The molecule has 168 valence electrons. The molecule has 3 heterocycles. The van der Waals surface area contributed by atoms with Crippen LogP contribution >= 0.6 is 11.3 Å². The van der Waals surface area contributed by atoms with Gasteiger partial charge in [-0.15, -0.1) is 11.3 Å². The molecule has 1 atom stereocenters. The van der Waals surface area contributed by atoms with Crippen molar-refractivity contribution in [1.82, 2.24) is 14.8 Å². The number of aryl methyl sites for hydroxylation is 2. The summed E-state index contributed by atoms with van der Waals surface area (Å²) >= 11 is 1.94. The van der Waals surface area contributed by atoms with E-state index >= 15 is 0 Å². The average Bonchev–Trinajstić information content (AvgIpc) is 3.36. The van der Waals surface area contributed by atoms with Crippen LogP contribution in [0.25, 0.3) is 5.00 Å². The van der Waals surface area contributed by atoms with Crippen LogP contribution in [0.15, 0.2) is 42.6 Å². The van der Waals surface area contributed by atoms with Gasteiger partial charge in [0.05, 0.1) is 18.3 Å². The van der Waals surface area contributed by atoms with E-state index in [2.05, 4.69) is 78.2 Å². The molecule has 0 radical (unpaired) electrons. The molecule has 0 spiro atoms. The first kappa shape index (κ1) is 21.3. The Morgan fingerprint density at radius 1 is 1.12 bits per heavy atom. The third kappa shape index (κ3) is 3.88. The summed E-state index contributed by atoms with van der Waals surface area (Å²) in [5.41, 5.74) is 6.43. The lowest BCUT2D eigenvalue weighted by Gasteiger charge is -2.31. The van der Waals surface area contributed by atoms with Crippen LogP contribution in [0.4, 0.5) is 4.79 Å². The summed E-state index contributed by atoms with van der Waals surface area (Å²) in [7, 11) is 0. The summed E-state index contributed by atoms with van der Waals surface area (Å²) < 4.78 is 2.35. The summed E-state index contributed by atoms with van der Waals surface area (Å²) in [5.74, 6) is 0.569. The predicted octanol–water partition coefficient (Wildman–Crippen LogP) is 6.39. The monoisotopic (exact) mass is 447 g/mol. The number of rotatable bonds is 4. The fourth-order valence-corrected chi connectivity index (χ4v) is 6.46. The molecule has 2 amide bonds. The van der Waals surface area contributed by atoms with Crippen molar-refractivity contribution in [3.63, 3.8) is 0 Å². The van der Waals surface area contributed by atoms with Gasteiger partial charge in [0.15, 0.2) is 0 Å². The van der Waals surface area contributed by atoms with E-state index < -0.39 is 0 Å². The number of urea groups is 1. The number of hydrogen-bond acceptors (Lipinski definition) is 2. The smallest absolute Gasteiger partial charge is 0.318 e. The van der Waals surface area contributed by atoms with Gasteiger partial charge in [0, 0.05) is 23.2 Å². The van der Waals surface area contributed by atoms with Crippen molar-refractivity contribution < 1.29 is 4.79 Å². The number of nitrogens with one attached hydrogen (secondary N) is 1. The predicted molar refractivity (Wildman–Crippen MR) is 132 cm³/mol. The number of amides is 2. The first-order valence-corrected chi connectivity index (χ1v) is 12.8. The van der Waals surface area contributed by atoms with E-state index in [0.29, 0.717) is 19.0 Å². The van der Waals surface area contributed by atoms with Crippen LogP contribution in [0.3, 0.4) is 0 Å². The van der Waals surface area contributed by atoms with Crippen molar-refractivity contribution in [2.75, 3.05) is 6.54 Å². The minimum atomic E-state index is -0.108. The fourth-order valence-electron chi connectivity index (χ4n) is 5.06. The summed E-state index contributed by atoms with van der Waals surface area (Å²) in [6.45, 7) is 7.88.